The molecular formula is C13H22N2O2. The average Bonchev–Trinajstić information content (AvgIpc) is 2.33. The molecule has 0 saturated heterocycles. The van der Waals surface area contributed by atoms with Crippen LogP contribution in [0.1, 0.15) is 11.1 Å². The van der Waals surface area contributed by atoms with Gasteiger partial charge >= 0.3 is 0 Å². The number of methoxy groups -OCH3 is 2. The Balaban J connectivity index is 2.42. The van der Waals surface area contributed by atoms with Crippen molar-refractivity contribution in [3.63, 3.8) is 0 Å². The van der Waals surface area contributed by atoms with Gasteiger partial charge in [0.15, 0.2) is 0 Å². The van der Waals surface area contributed by atoms with E-state index in [0.29, 0.717) is 6.61 Å². The smallest absolute Gasteiger partial charge is 0.0928 e. The quantitative estimate of drug-likeness (QED) is 0.704. The van der Waals surface area contributed by atoms with Gasteiger partial charge in [-0.05, 0) is 24.1 Å². The van der Waals surface area contributed by atoms with E-state index in [4.69, 9.17) is 15.2 Å². The fourth-order valence-corrected chi connectivity index (χ4v) is 1.66. The first-order chi connectivity index (χ1) is 8.19. The average molecular weight is 238 g/mol. The Kier molecular flexibility index (Phi) is 5.97. The number of ether oxygens (including phenoxy) is 2. The highest BCUT2D eigenvalue weighted by Crippen LogP contribution is 2.14. The van der Waals surface area contributed by atoms with Crippen LogP contribution in [0.4, 0.5) is 5.69 Å². The third kappa shape index (κ3) is 4.34. The zero-order chi connectivity index (χ0) is 12.7. The lowest BCUT2D eigenvalue weighted by Crippen LogP contribution is -2.31. The molecule has 0 aliphatic carbocycles. The molecule has 4 nitrogen and oxygen atoms in total. The summed E-state index contributed by atoms with van der Waals surface area (Å²) in [5.74, 6) is 0. The number of hydrogen-bond donors (Lipinski definition) is 2. The number of nitrogens with one attached hydrogen (secondary N) is 1. The minimum Gasteiger partial charge on any atom is -0.399 e. The van der Waals surface area contributed by atoms with Gasteiger partial charge in [0.05, 0.1) is 12.7 Å². The van der Waals surface area contributed by atoms with E-state index in [1.54, 1.807) is 14.2 Å². The number of nitrogen functional groups attached to an aromatic ring is 1. The maximum atomic E-state index is 5.85. The molecule has 1 atom stereocenters. The highest BCUT2D eigenvalue weighted by atomic mass is 16.5. The number of nitrogens with two attached hydrogens (primary N) is 1. The lowest BCUT2D eigenvalue weighted by atomic mass is 10.1. The van der Waals surface area contributed by atoms with Crippen LogP contribution in [0.25, 0.3) is 0 Å². The molecule has 0 radical (unpaired) electrons. The Morgan fingerprint density at radius 1 is 1.35 bits per heavy atom. The van der Waals surface area contributed by atoms with E-state index in [-0.39, 0.29) is 6.10 Å². The molecule has 0 aromatic heterocycles. The molecule has 17 heavy (non-hydrogen) atoms. The Morgan fingerprint density at radius 2 is 2.12 bits per heavy atom. The van der Waals surface area contributed by atoms with Crippen molar-refractivity contribution in [1.82, 2.24) is 5.32 Å². The second-order valence-electron chi connectivity index (χ2n) is 4.08. The van der Waals surface area contributed by atoms with Crippen molar-refractivity contribution < 1.29 is 9.47 Å². The highest BCUT2D eigenvalue weighted by molar-refractivity contribution is 5.49. The van der Waals surface area contributed by atoms with Crippen molar-refractivity contribution in [2.24, 2.45) is 0 Å². The van der Waals surface area contributed by atoms with Gasteiger partial charge in [-0.15, -0.1) is 0 Å². The largest absolute Gasteiger partial charge is 0.399 e. The first-order valence-electron chi connectivity index (χ1n) is 5.75. The molecule has 96 valence electrons. The van der Waals surface area contributed by atoms with Gasteiger partial charge in [-0.3, -0.25) is 0 Å². The molecule has 1 unspecified atom stereocenters. The summed E-state index contributed by atoms with van der Waals surface area (Å²) in [6, 6.07) is 5.97. The molecule has 0 aliphatic heterocycles. The van der Waals surface area contributed by atoms with E-state index in [9.17, 15) is 0 Å². The maximum Gasteiger partial charge on any atom is 0.0928 e. The monoisotopic (exact) mass is 238 g/mol. The molecule has 1 rings (SSSR count). The fraction of sp³-hybridized carbons (Fsp3) is 0.538. The Hall–Kier alpha value is -1.10. The number of anilines is 1. The predicted octanol–water partition coefficient (Wildman–Crippen LogP) is 1.33. The van der Waals surface area contributed by atoms with Crippen molar-refractivity contribution in [2.45, 2.75) is 19.6 Å². The molecule has 0 bridgehead atoms. The standard InChI is InChI=1S/C13H22N2O2/c1-10-11(5-4-6-13(10)14)7-15-8-12(17-3)9-16-2/h4-6,12,15H,7-9,14H2,1-3H3. The summed E-state index contributed by atoms with van der Waals surface area (Å²) in [5, 5.41) is 3.34. The van der Waals surface area contributed by atoms with Crippen LogP contribution in [0.15, 0.2) is 18.2 Å². The van der Waals surface area contributed by atoms with Gasteiger partial charge in [0.1, 0.15) is 0 Å². The van der Waals surface area contributed by atoms with Crippen molar-refractivity contribution in [1.29, 1.82) is 0 Å². The molecular weight excluding hydrogens is 216 g/mol. The molecule has 0 fully saturated rings. The van der Waals surface area contributed by atoms with E-state index in [2.05, 4.69) is 11.4 Å². The summed E-state index contributed by atoms with van der Waals surface area (Å²) in [4.78, 5) is 0. The van der Waals surface area contributed by atoms with Crippen LogP contribution in [-0.2, 0) is 16.0 Å². The lowest BCUT2D eigenvalue weighted by molar-refractivity contribution is 0.0288. The predicted molar refractivity (Wildman–Crippen MR) is 70.0 cm³/mol. The van der Waals surface area contributed by atoms with Crippen LogP contribution in [0, 0.1) is 6.92 Å². The number of benzene rings is 1. The van der Waals surface area contributed by atoms with Crippen molar-refractivity contribution in [3.05, 3.63) is 29.3 Å². The third-order valence-corrected chi connectivity index (χ3v) is 2.86. The maximum absolute atomic E-state index is 5.85. The molecule has 1 aromatic carbocycles. The van der Waals surface area contributed by atoms with Crippen LogP contribution in [0.3, 0.4) is 0 Å². The fourth-order valence-electron chi connectivity index (χ4n) is 1.66. The Labute approximate surface area is 103 Å². The van der Waals surface area contributed by atoms with E-state index >= 15 is 0 Å². The topological polar surface area (TPSA) is 56.5 Å². The van der Waals surface area contributed by atoms with Gasteiger partial charge in [-0.1, -0.05) is 12.1 Å². The van der Waals surface area contributed by atoms with Crippen molar-refractivity contribution >= 4 is 5.69 Å². The van der Waals surface area contributed by atoms with Crippen LogP contribution in [-0.4, -0.2) is 33.5 Å². The minimum atomic E-state index is 0.0846. The van der Waals surface area contributed by atoms with Crippen molar-refractivity contribution in [2.75, 3.05) is 33.1 Å². The van der Waals surface area contributed by atoms with Crippen LogP contribution in [0.2, 0.25) is 0 Å². The van der Waals surface area contributed by atoms with Gasteiger partial charge in [0.25, 0.3) is 0 Å². The summed E-state index contributed by atoms with van der Waals surface area (Å²) >= 11 is 0. The summed E-state index contributed by atoms with van der Waals surface area (Å²) in [5.41, 5.74) is 9.05. The molecule has 0 amide bonds. The van der Waals surface area contributed by atoms with Crippen molar-refractivity contribution in [3.8, 4) is 0 Å². The normalized spacial score (nSPS) is 12.6. The Morgan fingerprint density at radius 3 is 2.76 bits per heavy atom. The van der Waals surface area contributed by atoms with Crippen LogP contribution in [0.5, 0.6) is 0 Å². The minimum absolute atomic E-state index is 0.0846. The van der Waals surface area contributed by atoms with Gasteiger partial charge < -0.3 is 20.5 Å². The zero-order valence-corrected chi connectivity index (χ0v) is 10.8. The van der Waals surface area contributed by atoms with Crippen LogP contribution < -0.4 is 11.1 Å². The molecule has 0 saturated carbocycles. The van der Waals surface area contributed by atoms with E-state index in [1.165, 1.54) is 5.56 Å². The van der Waals surface area contributed by atoms with E-state index in [0.717, 1.165) is 24.3 Å². The van der Waals surface area contributed by atoms with Gasteiger partial charge in [-0.2, -0.15) is 0 Å². The van der Waals surface area contributed by atoms with E-state index < -0.39 is 0 Å². The molecule has 3 N–H and O–H groups in total. The third-order valence-electron chi connectivity index (χ3n) is 2.86. The molecule has 4 heteroatoms. The summed E-state index contributed by atoms with van der Waals surface area (Å²) in [6.07, 6.45) is 0.0846. The van der Waals surface area contributed by atoms with Gasteiger partial charge in [-0.25, -0.2) is 0 Å². The number of rotatable bonds is 7. The summed E-state index contributed by atoms with van der Waals surface area (Å²) in [7, 11) is 3.37. The summed E-state index contributed by atoms with van der Waals surface area (Å²) in [6.45, 7) is 4.19. The first kappa shape index (κ1) is 14.0. The van der Waals surface area contributed by atoms with Crippen LogP contribution >= 0.6 is 0 Å². The Bertz CT molecular complexity index is 342. The van der Waals surface area contributed by atoms with E-state index in [1.807, 2.05) is 19.1 Å². The molecule has 0 heterocycles. The lowest BCUT2D eigenvalue weighted by Gasteiger charge is -2.16. The SMILES string of the molecule is COCC(CNCc1cccc(N)c1C)OC. The molecule has 0 spiro atoms. The number of hydrogen-bond acceptors (Lipinski definition) is 4. The molecule has 0 aliphatic rings. The first-order valence-corrected chi connectivity index (χ1v) is 5.75. The highest BCUT2D eigenvalue weighted by Gasteiger charge is 2.06. The second kappa shape index (κ2) is 7.27. The summed E-state index contributed by atoms with van der Waals surface area (Å²) < 4.78 is 10.3. The zero-order valence-electron chi connectivity index (χ0n) is 10.8. The van der Waals surface area contributed by atoms with Gasteiger partial charge in [0, 0.05) is 33.0 Å². The second-order valence-corrected chi connectivity index (χ2v) is 4.08. The molecule has 1 aromatic rings. The van der Waals surface area contributed by atoms with Gasteiger partial charge in [0.2, 0.25) is 0 Å².